The molecule has 4 heteroatoms. The van der Waals surface area contributed by atoms with Crippen molar-refractivity contribution >= 4 is 5.69 Å². The van der Waals surface area contributed by atoms with E-state index in [0.717, 1.165) is 18.5 Å². The van der Waals surface area contributed by atoms with Gasteiger partial charge in [-0.1, -0.05) is 6.07 Å². The highest BCUT2D eigenvalue weighted by molar-refractivity contribution is 5.47. The second kappa shape index (κ2) is 5.49. The largest absolute Gasteiger partial charge is 0.399 e. The van der Waals surface area contributed by atoms with Crippen molar-refractivity contribution in [1.82, 2.24) is 5.32 Å². The van der Waals surface area contributed by atoms with Crippen LogP contribution in [0.4, 0.5) is 5.69 Å². The van der Waals surface area contributed by atoms with Crippen LogP contribution in [0.2, 0.25) is 0 Å². The number of aryl methyl sites for hydroxylation is 1. The van der Waals surface area contributed by atoms with Gasteiger partial charge in [0.1, 0.15) is 0 Å². The maximum atomic E-state index is 9.59. The van der Waals surface area contributed by atoms with Gasteiger partial charge in [-0.05, 0) is 36.1 Å². The zero-order valence-corrected chi connectivity index (χ0v) is 10.1. The van der Waals surface area contributed by atoms with Gasteiger partial charge in [-0.2, -0.15) is 0 Å². The number of ether oxygens (including phenoxy) is 1. The zero-order chi connectivity index (χ0) is 12.3. The molecule has 1 aliphatic rings. The van der Waals surface area contributed by atoms with E-state index in [0.29, 0.717) is 19.2 Å². The number of hydrogen-bond acceptors (Lipinski definition) is 4. The first-order chi connectivity index (χ1) is 8.20. The molecule has 1 aromatic rings. The van der Waals surface area contributed by atoms with Crippen molar-refractivity contribution < 1.29 is 9.84 Å². The fraction of sp³-hybridized carbons (Fsp3) is 0.538. The van der Waals surface area contributed by atoms with Crippen LogP contribution in [-0.4, -0.2) is 31.5 Å². The van der Waals surface area contributed by atoms with Crippen molar-refractivity contribution in [2.75, 3.05) is 26.0 Å². The molecule has 1 aromatic carbocycles. The molecule has 2 atom stereocenters. The van der Waals surface area contributed by atoms with Crippen molar-refractivity contribution in [3.05, 3.63) is 29.3 Å². The number of nitrogens with two attached hydrogens (primary N) is 1. The normalized spacial score (nSPS) is 20.2. The Morgan fingerprint density at radius 2 is 2.41 bits per heavy atom. The molecule has 94 valence electrons. The van der Waals surface area contributed by atoms with Crippen molar-refractivity contribution in [2.45, 2.75) is 25.0 Å². The Hall–Kier alpha value is -1.10. The number of benzene rings is 1. The summed E-state index contributed by atoms with van der Waals surface area (Å²) in [6.07, 6.45) is 1.68. The Labute approximate surface area is 102 Å². The van der Waals surface area contributed by atoms with Gasteiger partial charge in [0, 0.05) is 25.4 Å². The lowest BCUT2D eigenvalue weighted by Gasteiger charge is -2.17. The van der Waals surface area contributed by atoms with E-state index in [1.54, 1.807) is 7.11 Å². The third kappa shape index (κ3) is 2.97. The fourth-order valence-electron chi connectivity index (χ4n) is 2.38. The van der Waals surface area contributed by atoms with Crippen LogP contribution in [0, 0.1) is 0 Å². The molecule has 0 aromatic heterocycles. The molecule has 2 rings (SSSR count). The Morgan fingerprint density at radius 3 is 3.18 bits per heavy atom. The number of aliphatic hydroxyl groups is 1. The topological polar surface area (TPSA) is 67.5 Å². The molecule has 1 aliphatic carbocycles. The monoisotopic (exact) mass is 236 g/mol. The number of nitrogen functional groups attached to an aromatic ring is 1. The van der Waals surface area contributed by atoms with E-state index in [4.69, 9.17) is 10.5 Å². The van der Waals surface area contributed by atoms with Crippen LogP contribution in [0.3, 0.4) is 0 Å². The SMILES string of the molecule is COCC(O)CNC1CCc2cc(N)ccc21. The Kier molecular flexibility index (Phi) is 3.99. The summed E-state index contributed by atoms with van der Waals surface area (Å²) in [5.74, 6) is 0. The average Bonchev–Trinajstić information content (AvgIpc) is 2.69. The minimum absolute atomic E-state index is 0.331. The molecule has 4 nitrogen and oxygen atoms in total. The van der Waals surface area contributed by atoms with Gasteiger partial charge in [0.2, 0.25) is 0 Å². The van der Waals surface area contributed by atoms with Crippen LogP contribution in [0.15, 0.2) is 18.2 Å². The summed E-state index contributed by atoms with van der Waals surface area (Å²) < 4.78 is 4.90. The molecule has 0 saturated heterocycles. The molecule has 17 heavy (non-hydrogen) atoms. The van der Waals surface area contributed by atoms with Crippen LogP contribution in [0.25, 0.3) is 0 Å². The standard InChI is InChI=1S/C13H20N2O2/c1-17-8-11(16)7-15-13-5-2-9-6-10(14)3-4-12(9)13/h3-4,6,11,13,15-16H,2,5,7-8,14H2,1H3. The predicted octanol–water partition coefficient (Wildman–Crippen LogP) is 0.853. The van der Waals surface area contributed by atoms with E-state index < -0.39 is 6.10 Å². The third-order valence-electron chi connectivity index (χ3n) is 3.20. The highest BCUT2D eigenvalue weighted by Crippen LogP contribution is 2.32. The number of aliphatic hydroxyl groups excluding tert-OH is 1. The molecule has 0 bridgehead atoms. The molecule has 0 saturated carbocycles. The van der Waals surface area contributed by atoms with E-state index in [9.17, 15) is 5.11 Å². The molecule has 0 spiro atoms. The number of nitrogens with one attached hydrogen (secondary N) is 1. The van der Waals surface area contributed by atoms with Crippen LogP contribution in [0.1, 0.15) is 23.6 Å². The van der Waals surface area contributed by atoms with Crippen molar-refractivity contribution in [2.24, 2.45) is 0 Å². The molecule has 0 heterocycles. The second-order valence-electron chi connectivity index (χ2n) is 4.57. The summed E-state index contributed by atoms with van der Waals surface area (Å²) in [5.41, 5.74) is 9.22. The molecule has 0 amide bonds. The van der Waals surface area contributed by atoms with E-state index in [1.807, 2.05) is 12.1 Å². The van der Waals surface area contributed by atoms with Gasteiger partial charge in [-0.15, -0.1) is 0 Å². The molecule has 2 unspecified atom stereocenters. The first-order valence-electron chi connectivity index (χ1n) is 5.99. The minimum Gasteiger partial charge on any atom is -0.399 e. The summed E-state index contributed by atoms with van der Waals surface area (Å²) in [6.45, 7) is 0.927. The summed E-state index contributed by atoms with van der Waals surface area (Å²) >= 11 is 0. The molecular formula is C13H20N2O2. The van der Waals surface area contributed by atoms with E-state index >= 15 is 0 Å². The molecule has 0 radical (unpaired) electrons. The smallest absolute Gasteiger partial charge is 0.0897 e. The lowest BCUT2D eigenvalue weighted by Crippen LogP contribution is -2.32. The van der Waals surface area contributed by atoms with Gasteiger partial charge in [0.05, 0.1) is 12.7 Å². The van der Waals surface area contributed by atoms with Crippen LogP contribution < -0.4 is 11.1 Å². The lowest BCUT2D eigenvalue weighted by atomic mass is 10.1. The van der Waals surface area contributed by atoms with Gasteiger partial charge in [-0.3, -0.25) is 0 Å². The van der Waals surface area contributed by atoms with E-state index in [2.05, 4.69) is 11.4 Å². The number of rotatable bonds is 5. The highest BCUT2D eigenvalue weighted by Gasteiger charge is 2.22. The summed E-state index contributed by atoms with van der Waals surface area (Å²) in [6, 6.07) is 6.39. The van der Waals surface area contributed by atoms with Crippen molar-refractivity contribution in [1.29, 1.82) is 0 Å². The summed E-state index contributed by atoms with van der Waals surface area (Å²) in [7, 11) is 1.59. The first kappa shape index (κ1) is 12.4. The zero-order valence-electron chi connectivity index (χ0n) is 10.1. The molecule has 4 N–H and O–H groups in total. The van der Waals surface area contributed by atoms with E-state index in [1.165, 1.54) is 11.1 Å². The maximum absolute atomic E-state index is 9.59. The van der Waals surface area contributed by atoms with Crippen LogP contribution in [0.5, 0.6) is 0 Å². The van der Waals surface area contributed by atoms with Crippen molar-refractivity contribution in [3.8, 4) is 0 Å². The van der Waals surface area contributed by atoms with Crippen molar-refractivity contribution in [3.63, 3.8) is 0 Å². The molecule has 0 aliphatic heterocycles. The minimum atomic E-state index is -0.446. The number of anilines is 1. The van der Waals surface area contributed by atoms with Gasteiger partial charge in [0.15, 0.2) is 0 Å². The van der Waals surface area contributed by atoms with Gasteiger partial charge >= 0.3 is 0 Å². The maximum Gasteiger partial charge on any atom is 0.0897 e. The van der Waals surface area contributed by atoms with E-state index in [-0.39, 0.29) is 0 Å². The molecule has 0 fully saturated rings. The van der Waals surface area contributed by atoms with Gasteiger partial charge in [-0.25, -0.2) is 0 Å². The molecular weight excluding hydrogens is 216 g/mol. The van der Waals surface area contributed by atoms with Gasteiger partial charge in [0.25, 0.3) is 0 Å². The highest BCUT2D eigenvalue weighted by atomic mass is 16.5. The summed E-state index contributed by atoms with van der Waals surface area (Å²) in [5, 5.41) is 13.0. The van der Waals surface area contributed by atoms with Gasteiger partial charge < -0.3 is 20.9 Å². The van der Waals surface area contributed by atoms with Crippen LogP contribution in [-0.2, 0) is 11.2 Å². The number of methoxy groups -OCH3 is 1. The summed E-state index contributed by atoms with van der Waals surface area (Å²) in [4.78, 5) is 0. The average molecular weight is 236 g/mol. The number of hydrogen-bond donors (Lipinski definition) is 3. The second-order valence-corrected chi connectivity index (χ2v) is 4.57. The Bertz CT molecular complexity index is 382. The Morgan fingerprint density at radius 1 is 1.59 bits per heavy atom. The first-order valence-corrected chi connectivity index (χ1v) is 5.99. The fourth-order valence-corrected chi connectivity index (χ4v) is 2.38. The predicted molar refractivity (Wildman–Crippen MR) is 67.8 cm³/mol. The quantitative estimate of drug-likeness (QED) is 0.663. The van der Waals surface area contributed by atoms with Crippen LogP contribution >= 0.6 is 0 Å². The third-order valence-corrected chi connectivity index (χ3v) is 3.20. The lowest BCUT2D eigenvalue weighted by molar-refractivity contribution is 0.0627. The number of fused-ring (bicyclic) bond motifs is 1. The Balaban J connectivity index is 1.93.